The van der Waals surface area contributed by atoms with Crippen LogP contribution in [0.15, 0.2) is 91.1 Å². The molecule has 0 fully saturated rings. The van der Waals surface area contributed by atoms with Gasteiger partial charge in [0.15, 0.2) is 0 Å². The molecule has 0 spiro atoms. The number of nitrogens with one attached hydrogen (secondary N) is 1. The van der Waals surface area contributed by atoms with Gasteiger partial charge in [0, 0.05) is 18.4 Å². The molecule has 0 aliphatic rings. The van der Waals surface area contributed by atoms with Gasteiger partial charge in [-0.1, -0.05) is 90.5 Å². The van der Waals surface area contributed by atoms with Gasteiger partial charge in [0.1, 0.15) is 11.9 Å². The lowest BCUT2D eigenvalue weighted by Gasteiger charge is -2.20. The van der Waals surface area contributed by atoms with Gasteiger partial charge in [-0.3, -0.25) is 0 Å². The van der Waals surface area contributed by atoms with E-state index in [9.17, 15) is 4.79 Å². The molecular weight excluding hydrogens is 422 g/mol. The van der Waals surface area contributed by atoms with Gasteiger partial charge in [-0.15, -0.1) is 0 Å². The quantitative estimate of drug-likeness (QED) is 0.334. The average Bonchev–Trinajstić information content (AvgIpc) is 2.86. The zero-order valence-corrected chi connectivity index (χ0v) is 19.6. The lowest BCUT2D eigenvalue weighted by molar-refractivity contribution is -0.144. The molecule has 5 nitrogen and oxygen atoms in total. The van der Waals surface area contributed by atoms with Crippen molar-refractivity contribution >= 4 is 11.8 Å². The molecule has 5 heteroatoms. The minimum absolute atomic E-state index is 0.304. The number of carbonyl (C=O) groups is 1. The van der Waals surface area contributed by atoms with E-state index in [1.54, 1.807) is 6.20 Å². The topological polar surface area (TPSA) is 64.1 Å². The maximum atomic E-state index is 12.8. The molecule has 0 saturated heterocycles. The van der Waals surface area contributed by atoms with Crippen LogP contribution in [0.25, 0.3) is 11.3 Å². The van der Waals surface area contributed by atoms with Crippen LogP contribution in [0.4, 0.5) is 5.82 Å². The number of rotatable bonds is 9. The van der Waals surface area contributed by atoms with Crippen molar-refractivity contribution in [2.24, 2.45) is 0 Å². The van der Waals surface area contributed by atoms with E-state index >= 15 is 0 Å². The molecule has 1 aromatic heterocycles. The molecule has 34 heavy (non-hydrogen) atoms. The van der Waals surface area contributed by atoms with Crippen molar-refractivity contribution in [3.05, 3.63) is 114 Å². The highest BCUT2D eigenvalue weighted by Crippen LogP contribution is 2.23. The minimum Gasteiger partial charge on any atom is -0.464 e. The second-order valence-electron chi connectivity index (χ2n) is 8.22. The smallest absolute Gasteiger partial charge is 0.328 e. The van der Waals surface area contributed by atoms with Gasteiger partial charge < -0.3 is 10.1 Å². The predicted octanol–water partition coefficient (Wildman–Crippen LogP) is 5.63. The number of aryl methyl sites for hydroxylation is 1. The van der Waals surface area contributed by atoms with Crippen LogP contribution in [-0.4, -0.2) is 28.6 Å². The summed E-state index contributed by atoms with van der Waals surface area (Å²) in [6.07, 6.45) is 2.84. The Hall–Kier alpha value is -3.99. The molecule has 0 aliphatic carbocycles. The Balaban J connectivity index is 1.69. The lowest BCUT2D eigenvalue weighted by Crippen LogP contribution is -2.34. The van der Waals surface area contributed by atoms with E-state index in [4.69, 9.17) is 14.7 Å². The summed E-state index contributed by atoms with van der Waals surface area (Å²) in [5.74, 6) is 0.289. The van der Waals surface area contributed by atoms with Gasteiger partial charge in [0.2, 0.25) is 0 Å². The van der Waals surface area contributed by atoms with Crippen LogP contribution in [0.2, 0.25) is 0 Å². The molecule has 3 aromatic carbocycles. The van der Waals surface area contributed by atoms with Crippen LogP contribution in [0.1, 0.15) is 29.3 Å². The fraction of sp³-hybridized carbons (Fsp3) is 0.207. The third kappa shape index (κ3) is 6.07. The second-order valence-corrected chi connectivity index (χ2v) is 8.22. The number of benzene rings is 3. The van der Waals surface area contributed by atoms with Crippen molar-refractivity contribution in [3.8, 4) is 11.3 Å². The van der Waals surface area contributed by atoms with Crippen molar-refractivity contribution in [1.82, 2.24) is 9.97 Å². The van der Waals surface area contributed by atoms with Crippen molar-refractivity contribution in [1.29, 1.82) is 0 Å². The van der Waals surface area contributed by atoms with Gasteiger partial charge in [-0.05, 0) is 25.0 Å². The maximum absolute atomic E-state index is 12.8. The fourth-order valence-electron chi connectivity index (χ4n) is 3.89. The molecule has 1 heterocycles. The molecule has 0 bridgehead atoms. The lowest BCUT2D eigenvalue weighted by atomic mass is 10.0. The van der Waals surface area contributed by atoms with Crippen molar-refractivity contribution in [2.45, 2.75) is 32.7 Å². The van der Waals surface area contributed by atoms with Gasteiger partial charge in [-0.2, -0.15) is 0 Å². The Bertz CT molecular complexity index is 1230. The van der Waals surface area contributed by atoms with Crippen molar-refractivity contribution < 1.29 is 9.53 Å². The monoisotopic (exact) mass is 451 g/mol. The SMILES string of the molecule is CCOC(=O)[C@H](Cc1ccccc1)Nc1ncc(-c2ccccc2)nc1Cc1cccc(C)c1. The summed E-state index contributed by atoms with van der Waals surface area (Å²) in [7, 11) is 0. The van der Waals surface area contributed by atoms with E-state index in [0.29, 0.717) is 25.3 Å². The van der Waals surface area contributed by atoms with Gasteiger partial charge in [0.25, 0.3) is 0 Å². The first-order chi connectivity index (χ1) is 16.6. The van der Waals surface area contributed by atoms with Gasteiger partial charge >= 0.3 is 5.97 Å². The first-order valence-electron chi connectivity index (χ1n) is 11.6. The number of hydrogen-bond donors (Lipinski definition) is 1. The number of aromatic nitrogens is 2. The van der Waals surface area contributed by atoms with E-state index < -0.39 is 6.04 Å². The molecule has 0 saturated carbocycles. The van der Waals surface area contributed by atoms with Crippen LogP contribution in [0.5, 0.6) is 0 Å². The summed E-state index contributed by atoms with van der Waals surface area (Å²) >= 11 is 0. The van der Waals surface area contributed by atoms with E-state index in [1.165, 1.54) is 5.56 Å². The number of ether oxygens (including phenoxy) is 1. The maximum Gasteiger partial charge on any atom is 0.328 e. The van der Waals surface area contributed by atoms with E-state index in [1.807, 2.05) is 73.7 Å². The number of hydrogen-bond acceptors (Lipinski definition) is 5. The van der Waals surface area contributed by atoms with Gasteiger partial charge in [-0.25, -0.2) is 14.8 Å². The number of nitrogens with zero attached hydrogens (tertiary/aromatic N) is 2. The first kappa shape index (κ1) is 23.2. The summed E-state index contributed by atoms with van der Waals surface area (Å²) in [4.78, 5) is 22.5. The van der Waals surface area contributed by atoms with Crippen LogP contribution < -0.4 is 5.32 Å². The Labute approximate surface area is 200 Å². The zero-order valence-electron chi connectivity index (χ0n) is 19.6. The molecule has 0 amide bonds. The third-order valence-electron chi connectivity index (χ3n) is 5.53. The standard InChI is InChI=1S/C29H29N3O2/c1-3-34-29(33)26(18-22-12-6-4-7-13-22)32-28-25(19-23-14-10-11-21(2)17-23)31-27(20-30-28)24-15-8-5-9-16-24/h4-17,20,26H,3,18-19H2,1-2H3,(H,30,32)/t26-/m0/s1. The van der Waals surface area contributed by atoms with E-state index in [2.05, 4.69) is 30.4 Å². The highest BCUT2D eigenvalue weighted by Gasteiger charge is 2.23. The molecule has 4 rings (SSSR count). The zero-order chi connectivity index (χ0) is 23.8. The van der Waals surface area contributed by atoms with Crippen LogP contribution in [-0.2, 0) is 22.4 Å². The second kappa shape index (κ2) is 11.2. The molecule has 0 radical (unpaired) electrons. The highest BCUT2D eigenvalue weighted by atomic mass is 16.5. The van der Waals surface area contributed by atoms with Crippen LogP contribution >= 0.6 is 0 Å². The fourth-order valence-corrected chi connectivity index (χ4v) is 3.89. The number of carbonyl (C=O) groups excluding carboxylic acids is 1. The summed E-state index contributed by atoms with van der Waals surface area (Å²) < 4.78 is 5.37. The number of esters is 1. The molecule has 1 N–H and O–H groups in total. The van der Waals surface area contributed by atoms with Crippen molar-refractivity contribution in [3.63, 3.8) is 0 Å². The Kier molecular flexibility index (Phi) is 7.66. The van der Waals surface area contributed by atoms with E-state index in [-0.39, 0.29) is 5.97 Å². The van der Waals surface area contributed by atoms with Crippen LogP contribution in [0, 0.1) is 6.92 Å². The molecule has 0 aliphatic heterocycles. The Morgan fingerprint density at radius 2 is 1.65 bits per heavy atom. The van der Waals surface area contributed by atoms with Gasteiger partial charge in [0.05, 0.1) is 24.2 Å². The minimum atomic E-state index is -0.574. The number of anilines is 1. The van der Waals surface area contributed by atoms with Crippen LogP contribution in [0.3, 0.4) is 0 Å². The Morgan fingerprint density at radius 1 is 0.941 bits per heavy atom. The van der Waals surface area contributed by atoms with E-state index in [0.717, 1.165) is 28.1 Å². The predicted molar refractivity (Wildman–Crippen MR) is 136 cm³/mol. The summed E-state index contributed by atoms with van der Waals surface area (Å²) in [6.45, 7) is 4.21. The molecule has 1 atom stereocenters. The highest BCUT2D eigenvalue weighted by molar-refractivity contribution is 5.79. The Morgan fingerprint density at radius 3 is 2.35 bits per heavy atom. The summed E-state index contributed by atoms with van der Waals surface area (Å²) in [6, 6.07) is 27.7. The first-order valence-corrected chi connectivity index (χ1v) is 11.6. The summed E-state index contributed by atoms with van der Waals surface area (Å²) in [5, 5.41) is 3.35. The molecular formula is C29H29N3O2. The molecule has 4 aromatic rings. The molecule has 172 valence electrons. The molecule has 0 unspecified atom stereocenters. The normalized spacial score (nSPS) is 11.6. The third-order valence-corrected chi connectivity index (χ3v) is 5.53. The average molecular weight is 452 g/mol. The van der Waals surface area contributed by atoms with Crippen molar-refractivity contribution in [2.75, 3.05) is 11.9 Å². The largest absolute Gasteiger partial charge is 0.464 e. The summed E-state index contributed by atoms with van der Waals surface area (Å²) in [5.41, 5.74) is 5.95.